The molecule has 0 saturated heterocycles. The molecule has 0 bridgehead atoms. The molecule has 17 heavy (non-hydrogen) atoms. The lowest BCUT2D eigenvalue weighted by Gasteiger charge is -2.04. The zero-order valence-electron chi connectivity index (χ0n) is 10.7. The highest BCUT2D eigenvalue weighted by Gasteiger charge is 2.12. The van der Waals surface area contributed by atoms with Gasteiger partial charge in [0.25, 0.3) is 0 Å². The van der Waals surface area contributed by atoms with Gasteiger partial charge < -0.3 is 5.73 Å². The van der Waals surface area contributed by atoms with Gasteiger partial charge in [0.05, 0.1) is 11.4 Å². The zero-order valence-corrected chi connectivity index (χ0v) is 10.7. The van der Waals surface area contributed by atoms with Gasteiger partial charge in [0.1, 0.15) is 0 Å². The first-order chi connectivity index (χ1) is 8.13. The Hall–Kier alpha value is -1.61. The van der Waals surface area contributed by atoms with Crippen molar-refractivity contribution in [3.63, 3.8) is 0 Å². The lowest BCUT2D eigenvalue weighted by atomic mass is 10.0. The van der Waals surface area contributed by atoms with Crippen molar-refractivity contribution >= 4 is 0 Å². The number of aromatic nitrogens is 2. The molecule has 0 amide bonds. The lowest BCUT2D eigenvalue weighted by Crippen LogP contribution is -2.04. The Kier molecular flexibility index (Phi) is 3.29. The molecule has 3 heteroatoms. The number of hydrogen-bond donors (Lipinski definition) is 1. The molecule has 0 atom stereocenters. The van der Waals surface area contributed by atoms with E-state index >= 15 is 0 Å². The van der Waals surface area contributed by atoms with Crippen LogP contribution in [0.2, 0.25) is 0 Å². The fraction of sp³-hybridized carbons (Fsp3) is 0.357. The van der Waals surface area contributed by atoms with Crippen molar-refractivity contribution in [1.29, 1.82) is 0 Å². The van der Waals surface area contributed by atoms with Crippen molar-refractivity contribution < 1.29 is 0 Å². The van der Waals surface area contributed by atoms with Crippen LogP contribution in [-0.4, -0.2) is 16.3 Å². The van der Waals surface area contributed by atoms with Crippen molar-refractivity contribution in [2.45, 2.75) is 20.3 Å². The van der Waals surface area contributed by atoms with Crippen molar-refractivity contribution in [2.75, 3.05) is 6.54 Å². The van der Waals surface area contributed by atoms with Gasteiger partial charge in [0, 0.05) is 19.0 Å². The first-order valence-corrected chi connectivity index (χ1v) is 5.93. The summed E-state index contributed by atoms with van der Waals surface area (Å²) in [4.78, 5) is 0. The molecule has 2 rings (SSSR count). The summed E-state index contributed by atoms with van der Waals surface area (Å²) < 4.78 is 1.95. The molecule has 0 aliphatic rings. The van der Waals surface area contributed by atoms with Crippen LogP contribution in [0.25, 0.3) is 11.3 Å². The number of aryl methyl sites for hydroxylation is 2. The summed E-state index contributed by atoms with van der Waals surface area (Å²) in [5.74, 6) is 0. The van der Waals surface area contributed by atoms with Crippen LogP contribution in [0, 0.1) is 13.8 Å². The third kappa shape index (κ3) is 2.24. The fourth-order valence-corrected chi connectivity index (χ4v) is 2.17. The van der Waals surface area contributed by atoms with Gasteiger partial charge in [0.2, 0.25) is 0 Å². The Labute approximate surface area is 102 Å². The number of nitrogens with zero attached hydrogens (tertiary/aromatic N) is 2. The Morgan fingerprint density at radius 3 is 2.41 bits per heavy atom. The molecule has 0 aliphatic carbocycles. The summed E-state index contributed by atoms with van der Waals surface area (Å²) in [6.45, 7) is 4.86. The molecule has 0 radical (unpaired) electrons. The molecular formula is C14H19N3. The molecule has 90 valence electrons. The van der Waals surface area contributed by atoms with Crippen molar-refractivity contribution in [3.8, 4) is 11.3 Å². The summed E-state index contributed by atoms with van der Waals surface area (Å²) in [5, 5.41) is 4.54. The highest BCUT2D eigenvalue weighted by Crippen LogP contribution is 2.25. The average Bonchev–Trinajstić information content (AvgIpc) is 2.57. The van der Waals surface area contributed by atoms with E-state index in [2.05, 4.69) is 43.2 Å². The van der Waals surface area contributed by atoms with Gasteiger partial charge in [-0.05, 0) is 26.0 Å². The Morgan fingerprint density at radius 2 is 1.82 bits per heavy atom. The van der Waals surface area contributed by atoms with E-state index in [9.17, 15) is 0 Å². The Bertz CT molecular complexity index is 509. The molecule has 1 aromatic carbocycles. The second kappa shape index (κ2) is 4.72. The number of rotatable bonds is 3. The standard InChI is InChI=1S/C14H19N3/c1-10-4-6-12(7-5-10)14-11(2)13(8-9-15)16-17(14)3/h4-7H,8-9,15H2,1-3H3. The van der Waals surface area contributed by atoms with Gasteiger partial charge in [0.15, 0.2) is 0 Å². The van der Waals surface area contributed by atoms with E-state index in [4.69, 9.17) is 5.73 Å². The maximum Gasteiger partial charge on any atom is 0.0710 e. The molecule has 1 aromatic heterocycles. The summed E-state index contributed by atoms with van der Waals surface area (Å²) in [7, 11) is 1.99. The Morgan fingerprint density at radius 1 is 1.18 bits per heavy atom. The molecule has 2 aromatic rings. The van der Waals surface area contributed by atoms with Gasteiger partial charge in [-0.15, -0.1) is 0 Å². The van der Waals surface area contributed by atoms with Gasteiger partial charge >= 0.3 is 0 Å². The van der Waals surface area contributed by atoms with E-state index in [-0.39, 0.29) is 0 Å². The monoisotopic (exact) mass is 229 g/mol. The largest absolute Gasteiger partial charge is 0.330 e. The third-order valence-electron chi connectivity index (χ3n) is 3.09. The maximum atomic E-state index is 5.60. The van der Waals surface area contributed by atoms with Gasteiger partial charge in [-0.1, -0.05) is 29.8 Å². The smallest absolute Gasteiger partial charge is 0.0710 e. The van der Waals surface area contributed by atoms with Crippen LogP contribution in [0.15, 0.2) is 24.3 Å². The molecule has 3 nitrogen and oxygen atoms in total. The van der Waals surface area contributed by atoms with E-state index in [0.717, 1.165) is 12.1 Å². The van der Waals surface area contributed by atoms with E-state index in [1.54, 1.807) is 0 Å². The maximum absolute atomic E-state index is 5.60. The molecule has 0 fully saturated rings. The molecule has 0 unspecified atom stereocenters. The molecular weight excluding hydrogens is 210 g/mol. The van der Waals surface area contributed by atoms with Gasteiger partial charge in [-0.3, -0.25) is 4.68 Å². The van der Waals surface area contributed by atoms with Crippen LogP contribution in [0.4, 0.5) is 0 Å². The van der Waals surface area contributed by atoms with Crippen molar-refractivity contribution in [3.05, 3.63) is 41.1 Å². The molecule has 2 N–H and O–H groups in total. The lowest BCUT2D eigenvalue weighted by molar-refractivity contribution is 0.745. The van der Waals surface area contributed by atoms with Crippen LogP contribution in [0.1, 0.15) is 16.8 Å². The van der Waals surface area contributed by atoms with Crippen LogP contribution in [-0.2, 0) is 13.5 Å². The molecule has 0 saturated carbocycles. The van der Waals surface area contributed by atoms with E-state index < -0.39 is 0 Å². The molecule has 1 heterocycles. The van der Waals surface area contributed by atoms with E-state index in [1.807, 2.05) is 11.7 Å². The second-order valence-corrected chi connectivity index (χ2v) is 4.45. The normalized spacial score (nSPS) is 10.8. The highest BCUT2D eigenvalue weighted by atomic mass is 15.3. The van der Waals surface area contributed by atoms with Gasteiger partial charge in [-0.2, -0.15) is 5.10 Å². The van der Waals surface area contributed by atoms with E-state index in [1.165, 1.54) is 22.4 Å². The highest BCUT2D eigenvalue weighted by molar-refractivity contribution is 5.64. The predicted molar refractivity (Wildman–Crippen MR) is 70.9 cm³/mol. The molecule has 0 aliphatic heterocycles. The summed E-state index contributed by atoms with van der Waals surface area (Å²) >= 11 is 0. The number of benzene rings is 1. The minimum Gasteiger partial charge on any atom is -0.330 e. The van der Waals surface area contributed by atoms with Crippen molar-refractivity contribution in [2.24, 2.45) is 12.8 Å². The topological polar surface area (TPSA) is 43.8 Å². The SMILES string of the molecule is Cc1ccc(-c2c(C)c(CCN)nn2C)cc1. The van der Waals surface area contributed by atoms with Crippen LogP contribution >= 0.6 is 0 Å². The second-order valence-electron chi connectivity index (χ2n) is 4.45. The fourth-order valence-electron chi connectivity index (χ4n) is 2.17. The molecule has 0 spiro atoms. The van der Waals surface area contributed by atoms with Gasteiger partial charge in [-0.25, -0.2) is 0 Å². The number of nitrogens with two attached hydrogens (primary N) is 1. The average molecular weight is 229 g/mol. The quantitative estimate of drug-likeness (QED) is 0.877. The number of hydrogen-bond acceptors (Lipinski definition) is 2. The van der Waals surface area contributed by atoms with Crippen LogP contribution in [0.3, 0.4) is 0 Å². The van der Waals surface area contributed by atoms with Crippen LogP contribution < -0.4 is 5.73 Å². The van der Waals surface area contributed by atoms with Crippen molar-refractivity contribution in [1.82, 2.24) is 9.78 Å². The summed E-state index contributed by atoms with van der Waals surface area (Å²) in [6.07, 6.45) is 0.839. The summed E-state index contributed by atoms with van der Waals surface area (Å²) in [5.41, 5.74) is 11.6. The summed E-state index contributed by atoms with van der Waals surface area (Å²) in [6, 6.07) is 8.55. The minimum atomic E-state index is 0.644. The first-order valence-electron chi connectivity index (χ1n) is 5.93. The minimum absolute atomic E-state index is 0.644. The Balaban J connectivity index is 2.48. The predicted octanol–water partition coefficient (Wildman–Crippen LogP) is 2.21. The van der Waals surface area contributed by atoms with E-state index in [0.29, 0.717) is 6.54 Å². The van der Waals surface area contributed by atoms with Crippen LogP contribution in [0.5, 0.6) is 0 Å². The first kappa shape index (κ1) is 11.9. The third-order valence-corrected chi connectivity index (χ3v) is 3.09. The zero-order chi connectivity index (χ0) is 12.4.